The lowest BCUT2D eigenvalue weighted by atomic mass is 9.96. The largest absolute Gasteiger partial charge is 0.381 e. The molecule has 1 N–H and O–H groups in total. The SMILES string of the molecule is Cc1ccc(C(C)NC(=O)CN(C)CCC2CCOCC2)cc1. The molecule has 0 aliphatic carbocycles. The summed E-state index contributed by atoms with van der Waals surface area (Å²) < 4.78 is 5.39. The fraction of sp³-hybridized carbons (Fsp3) is 0.632. The third-order valence-electron chi connectivity index (χ3n) is 4.63. The van der Waals surface area contributed by atoms with Gasteiger partial charge in [0.1, 0.15) is 0 Å². The van der Waals surface area contributed by atoms with Gasteiger partial charge in [-0.15, -0.1) is 0 Å². The first-order valence-corrected chi connectivity index (χ1v) is 8.67. The zero-order valence-electron chi connectivity index (χ0n) is 14.7. The molecule has 2 rings (SSSR count). The number of aryl methyl sites for hydroxylation is 1. The number of ether oxygens (including phenoxy) is 1. The van der Waals surface area contributed by atoms with Gasteiger partial charge in [-0.2, -0.15) is 0 Å². The molecule has 1 heterocycles. The standard InChI is InChI=1S/C19H30N2O2/c1-15-4-6-18(7-5-15)16(2)20-19(22)14-21(3)11-8-17-9-12-23-13-10-17/h4-7,16-17H,8-14H2,1-3H3,(H,20,22). The Hall–Kier alpha value is -1.39. The molecule has 0 radical (unpaired) electrons. The molecule has 1 amide bonds. The molecular formula is C19H30N2O2. The van der Waals surface area contributed by atoms with Crippen LogP contribution in [0.4, 0.5) is 0 Å². The van der Waals surface area contributed by atoms with Gasteiger partial charge in [-0.3, -0.25) is 9.69 Å². The lowest BCUT2D eigenvalue weighted by Gasteiger charge is -2.25. The smallest absolute Gasteiger partial charge is 0.234 e. The third kappa shape index (κ3) is 6.32. The highest BCUT2D eigenvalue weighted by Crippen LogP contribution is 2.18. The number of nitrogens with zero attached hydrogens (tertiary/aromatic N) is 1. The molecule has 4 nitrogen and oxygen atoms in total. The summed E-state index contributed by atoms with van der Waals surface area (Å²) in [6.45, 7) is 7.31. The van der Waals surface area contributed by atoms with Crippen LogP contribution in [0.2, 0.25) is 0 Å². The maximum atomic E-state index is 12.2. The summed E-state index contributed by atoms with van der Waals surface area (Å²) in [5.74, 6) is 0.841. The van der Waals surface area contributed by atoms with E-state index in [0.717, 1.165) is 50.5 Å². The zero-order chi connectivity index (χ0) is 16.7. The molecule has 1 saturated heterocycles. The molecule has 0 bridgehead atoms. The second kappa shape index (κ2) is 9.04. The molecule has 4 heteroatoms. The second-order valence-corrected chi connectivity index (χ2v) is 6.78. The van der Waals surface area contributed by atoms with Crippen molar-refractivity contribution >= 4 is 5.91 Å². The molecule has 1 aromatic rings. The molecule has 128 valence electrons. The number of nitrogens with one attached hydrogen (secondary N) is 1. The second-order valence-electron chi connectivity index (χ2n) is 6.78. The van der Waals surface area contributed by atoms with Crippen molar-refractivity contribution in [3.05, 3.63) is 35.4 Å². The van der Waals surface area contributed by atoms with Crippen LogP contribution in [0.5, 0.6) is 0 Å². The van der Waals surface area contributed by atoms with Crippen molar-refractivity contribution in [3.63, 3.8) is 0 Å². The van der Waals surface area contributed by atoms with Crippen molar-refractivity contribution in [2.45, 2.75) is 39.2 Å². The predicted octanol–water partition coefficient (Wildman–Crippen LogP) is 2.92. The van der Waals surface area contributed by atoms with Gasteiger partial charge in [0.05, 0.1) is 12.6 Å². The van der Waals surface area contributed by atoms with E-state index in [1.807, 2.05) is 14.0 Å². The fourth-order valence-electron chi connectivity index (χ4n) is 2.99. The van der Waals surface area contributed by atoms with Crippen LogP contribution in [0.25, 0.3) is 0 Å². The van der Waals surface area contributed by atoms with Gasteiger partial charge in [-0.1, -0.05) is 29.8 Å². The first-order valence-electron chi connectivity index (χ1n) is 8.67. The minimum absolute atomic E-state index is 0.0481. The van der Waals surface area contributed by atoms with Crippen LogP contribution < -0.4 is 5.32 Å². The van der Waals surface area contributed by atoms with Crippen molar-refractivity contribution in [3.8, 4) is 0 Å². The van der Waals surface area contributed by atoms with E-state index < -0.39 is 0 Å². The van der Waals surface area contributed by atoms with E-state index in [2.05, 4.69) is 41.4 Å². The van der Waals surface area contributed by atoms with Gasteiger partial charge in [0.2, 0.25) is 5.91 Å². The molecule has 0 aromatic heterocycles. The molecule has 1 atom stereocenters. The van der Waals surface area contributed by atoms with Crippen molar-refractivity contribution in [1.82, 2.24) is 10.2 Å². The number of carbonyl (C=O) groups is 1. The van der Waals surface area contributed by atoms with E-state index in [9.17, 15) is 4.79 Å². The van der Waals surface area contributed by atoms with E-state index in [4.69, 9.17) is 4.74 Å². The normalized spacial score (nSPS) is 17.2. The van der Waals surface area contributed by atoms with Crippen LogP contribution in [0, 0.1) is 12.8 Å². The highest BCUT2D eigenvalue weighted by atomic mass is 16.5. The first-order chi connectivity index (χ1) is 11.0. The van der Waals surface area contributed by atoms with Crippen molar-refractivity contribution in [2.24, 2.45) is 5.92 Å². The van der Waals surface area contributed by atoms with Crippen LogP contribution in [0.1, 0.15) is 43.4 Å². The van der Waals surface area contributed by atoms with Crippen LogP contribution in [-0.2, 0) is 9.53 Å². The van der Waals surface area contributed by atoms with Crippen LogP contribution in [0.3, 0.4) is 0 Å². The maximum absolute atomic E-state index is 12.2. The van der Waals surface area contributed by atoms with E-state index in [0.29, 0.717) is 6.54 Å². The van der Waals surface area contributed by atoms with Gasteiger partial charge < -0.3 is 10.1 Å². The monoisotopic (exact) mass is 318 g/mol. The first kappa shape index (κ1) is 18.0. The van der Waals surface area contributed by atoms with E-state index in [1.165, 1.54) is 5.56 Å². The third-order valence-corrected chi connectivity index (χ3v) is 4.63. The predicted molar refractivity (Wildman–Crippen MR) is 93.4 cm³/mol. The molecule has 0 spiro atoms. The quantitative estimate of drug-likeness (QED) is 0.840. The maximum Gasteiger partial charge on any atom is 0.234 e. The molecule has 1 aliphatic rings. The number of benzene rings is 1. The lowest BCUT2D eigenvalue weighted by Crippen LogP contribution is -2.37. The van der Waals surface area contributed by atoms with Crippen LogP contribution in [0.15, 0.2) is 24.3 Å². The van der Waals surface area contributed by atoms with E-state index in [-0.39, 0.29) is 11.9 Å². The molecule has 1 unspecified atom stereocenters. The minimum Gasteiger partial charge on any atom is -0.381 e. The van der Waals surface area contributed by atoms with Crippen molar-refractivity contribution < 1.29 is 9.53 Å². The average molecular weight is 318 g/mol. The van der Waals surface area contributed by atoms with Gasteiger partial charge in [0.15, 0.2) is 0 Å². The minimum atomic E-state index is 0.0481. The zero-order valence-corrected chi connectivity index (χ0v) is 14.7. The molecule has 23 heavy (non-hydrogen) atoms. The summed E-state index contributed by atoms with van der Waals surface area (Å²) in [5, 5.41) is 3.08. The lowest BCUT2D eigenvalue weighted by molar-refractivity contribution is -0.122. The summed E-state index contributed by atoms with van der Waals surface area (Å²) in [5.41, 5.74) is 2.38. The average Bonchev–Trinajstić information content (AvgIpc) is 2.54. The number of carbonyl (C=O) groups excluding carboxylic acids is 1. The Morgan fingerprint density at radius 1 is 1.30 bits per heavy atom. The Bertz CT molecular complexity index is 481. The van der Waals surface area contributed by atoms with Gasteiger partial charge in [0.25, 0.3) is 0 Å². The Kier molecular flexibility index (Phi) is 7.06. The highest BCUT2D eigenvalue weighted by molar-refractivity contribution is 5.78. The topological polar surface area (TPSA) is 41.6 Å². The Morgan fingerprint density at radius 3 is 2.61 bits per heavy atom. The number of amides is 1. The summed E-state index contributed by atoms with van der Waals surface area (Å²) in [6, 6.07) is 8.37. The summed E-state index contributed by atoms with van der Waals surface area (Å²) >= 11 is 0. The summed E-state index contributed by atoms with van der Waals surface area (Å²) in [4.78, 5) is 14.3. The highest BCUT2D eigenvalue weighted by Gasteiger charge is 2.16. The number of likely N-dealkylation sites (N-methyl/N-ethyl adjacent to an activating group) is 1. The van der Waals surface area contributed by atoms with Gasteiger partial charge in [-0.05, 0) is 58.2 Å². The molecule has 0 saturated carbocycles. The summed E-state index contributed by atoms with van der Waals surface area (Å²) in [7, 11) is 2.02. The van der Waals surface area contributed by atoms with Crippen molar-refractivity contribution in [2.75, 3.05) is 33.4 Å². The van der Waals surface area contributed by atoms with Gasteiger partial charge in [0, 0.05) is 13.2 Å². The van der Waals surface area contributed by atoms with Crippen molar-refractivity contribution in [1.29, 1.82) is 0 Å². The Labute approximate surface area is 140 Å². The number of hydrogen-bond donors (Lipinski definition) is 1. The van der Waals surface area contributed by atoms with Crippen LogP contribution in [-0.4, -0.2) is 44.2 Å². The number of rotatable bonds is 7. The molecular weight excluding hydrogens is 288 g/mol. The Balaban J connectivity index is 1.69. The Morgan fingerprint density at radius 2 is 1.96 bits per heavy atom. The van der Waals surface area contributed by atoms with E-state index in [1.54, 1.807) is 0 Å². The van der Waals surface area contributed by atoms with Gasteiger partial charge >= 0.3 is 0 Å². The van der Waals surface area contributed by atoms with Gasteiger partial charge in [-0.25, -0.2) is 0 Å². The molecule has 1 aromatic carbocycles. The number of hydrogen-bond acceptors (Lipinski definition) is 3. The molecule has 1 fully saturated rings. The molecule has 1 aliphatic heterocycles. The van der Waals surface area contributed by atoms with E-state index >= 15 is 0 Å². The van der Waals surface area contributed by atoms with Crippen LogP contribution >= 0.6 is 0 Å². The summed E-state index contributed by atoms with van der Waals surface area (Å²) in [6.07, 6.45) is 3.47. The fourth-order valence-corrected chi connectivity index (χ4v) is 2.99.